The maximum atomic E-state index is 11.7. The van der Waals surface area contributed by atoms with Crippen molar-refractivity contribution in [2.24, 2.45) is 5.73 Å². The van der Waals surface area contributed by atoms with Crippen LogP contribution in [0.1, 0.15) is 13.8 Å². The SMILES string of the molecule is CC(C)(NC(=O)Nc1ccc(Cl)c(Cl)c1)C(N)=S. The van der Waals surface area contributed by atoms with Crippen LogP contribution in [0.5, 0.6) is 0 Å². The number of rotatable bonds is 3. The van der Waals surface area contributed by atoms with E-state index in [1.54, 1.807) is 32.0 Å². The zero-order valence-corrected chi connectivity index (χ0v) is 12.2. The first-order chi connectivity index (χ1) is 8.22. The number of urea groups is 1. The minimum absolute atomic E-state index is 0.201. The van der Waals surface area contributed by atoms with Crippen LogP contribution < -0.4 is 16.4 Å². The van der Waals surface area contributed by atoms with Gasteiger partial charge in [-0.25, -0.2) is 4.79 Å². The summed E-state index contributed by atoms with van der Waals surface area (Å²) in [6, 6.07) is 4.36. The van der Waals surface area contributed by atoms with Gasteiger partial charge in [0.1, 0.15) is 0 Å². The van der Waals surface area contributed by atoms with E-state index in [4.69, 9.17) is 41.2 Å². The number of thiocarbonyl (C=S) groups is 1. The average Bonchev–Trinajstić information content (AvgIpc) is 2.22. The van der Waals surface area contributed by atoms with Gasteiger partial charge >= 0.3 is 6.03 Å². The Hall–Kier alpha value is -1.04. The second-order valence-corrected chi connectivity index (χ2v) is 5.45. The first-order valence-electron chi connectivity index (χ1n) is 5.06. The number of hydrogen-bond donors (Lipinski definition) is 3. The van der Waals surface area contributed by atoms with Crippen LogP contribution in [0, 0.1) is 0 Å². The highest BCUT2D eigenvalue weighted by Crippen LogP contribution is 2.24. The molecule has 7 heteroatoms. The maximum Gasteiger partial charge on any atom is 0.319 e. The van der Waals surface area contributed by atoms with Gasteiger partial charge in [-0.15, -0.1) is 0 Å². The predicted molar refractivity (Wildman–Crippen MR) is 79.5 cm³/mol. The van der Waals surface area contributed by atoms with Gasteiger partial charge in [-0.05, 0) is 32.0 Å². The lowest BCUT2D eigenvalue weighted by Crippen LogP contribution is -2.53. The number of anilines is 1. The Labute approximate surface area is 121 Å². The largest absolute Gasteiger partial charge is 0.391 e. The molecule has 0 radical (unpaired) electrons. The third-order valence-corrected chi connectivity index (χ3v) is 3.47. The van der Waals surface area contributed by atoms with Gasteiger partial charge in [-0.2, -0.15) is 0 Å². The quantitative estimate of drug-likeness (QED) is 0.751. The number of carbonyl (C=O) groups excluding carboxylic acids is 1. The summed E-state index contributed by atoms with van der Waals surface area (Å²) in [5.41, 5.74) is 5.27. The zero-order valence-electron chi connectivity index (χ0n) is 9.88. The average molecular weight is 306 g/mol. The molecule has 0 aromatic heterocycles. The van der Waals surface area contributed by atoms with Crippen LogP contribution in [0.3, 0.4) is 0 Å². The molecule has 0 saturated carbocycles. The molecule has 0 unspecified atom stereocenters. The molecule has 1 rings (SSSR count). The van der Waals surface area contributed by atoms with E-state index in [1.807, 2.05) is 0 Å². The predicted octanol–water partition coefficient (Wildman–Crippen LogP) is 3.18. The molecular formula is C11H13Cl2N3OS. The Balaban J connectivity index is 2.71. The van der Waals surface area contributed by atoms with E-state index in [0.717, 1.165) is 0 Å². The number of nitrogens with two attached hydrogens (primary N) is 1. The number of nitrogens with one attached hydrogen (secondary N) is 2. The lowest BCUT2D eigenvalue weighted by Gasteiger charge is -2.24. The summed E-state index contributed by atoms with van der Waals surface area (Å²) < 4.78 is 0. The highest BCUT2D eigenvalue weighted by molar-refractivity contribution is 7.80. The lowest BCUT2D eigenvalue weighted by molar-refractivity contribution is 0.247. The molecule has 0 aliphatic carbocycles. The van der Waals surface area contributed by atoms with Crippen LogP contribution in [-0.4, -0.2) is 16.6 Å². The summed E-state index contributed by atoms with van der Waals surface area (Å²) in [6.45, 7) is 3.42. The molecule has 0 atom stereocenters. The van der Waals surface area contributed by atoms with Crippen molar-refractivity contribution < 1.29 is 4.79 Å². The highest BCUT2D eigenvalue weighted by Gasteiger charge is 2.23. The standard InChI is InChI=1S/C11H13Cl2N3OS/c1-11(2,9(14)18)16-10(17)15-6-3-4-7(12)8(13)5-6/h3-5H,1-2H3,(H2,14,18)(H2,15,16,17). The fourth-order valence-corrected chi connectivity index (χ4v) is 1.43. The van der Waals surface area contributed by atoms with E-state index < -0.39 is 11.6 Å². The van der Waals surface area contributed by atoms with E-state index in [2.05, 4.69) is 10.6 Å². The van der Waals surface area contributed by atoms with Crippen molar-refractivity contribution in [3.8, 4) is 0 Å². The molecule has 1 aromatic carbocycles. The summed E-state index contributed by atoms with van der Waals surface area (Å²) in [7, 11) is 0. The molecule has 0 spiro atoms. The second kappa shape index (κ2) is 5.73. The molecule has 98 valence electrons. The maximum absolute atomic E-state index is 11.7. The van der Waals surface area contributed by atoms with Crippen molar-refractivity contribution in [2.45, 2.75) is 19.4 Å². The zero-order chi connectivity index (χ0) is 13.9. The number of halogens is 2. The van der Waals surface area contributed by atoms with Crippen molar-refractivity contribution in [2.75, 3.05) is 5.32 Å². The van der Waals surface area contributed by atoms with Gasteiger partial charge in [-0.3, -0.25) is 0 Å². The molecule has 0 aliphatic rings. The summed E-state index contributed by atoms with van der Waals surface area (Å²) in [4.78, 5) is 11.9. The van der Waals surface area contributed by atoms with E-state index in [9.17, 15) is 4.79 Å². The van der Waals surface area contributed by atoms with Crippen LogP contribution in [0.4, 0.5) is 10.5 Å². The molecule has 0 heterocycles. The summed E-state index contributed by atoms with van der Waals surface area (Å²) in [6.07, 6.45) is 0. The third kappa shape index (κ3) is 4.01. The molecule has 1 aromatic rings. The Kier molecular flexibility index (Phi) is 4.78. The molecular weight excluding hydrogens is 293 g/mol. The first-order valence-corrected chi connectivity index (χ1v) is 6.23. The number of amides is 2. The van der Waals surface area contributed by atoms with E-state index in [-0.39, 0.29) is 4.99 Å². The van der Waals surface area contributed by atoms with Crippen LogP contribution >= 0.6 is 35.4 Å². The van der Waals surface area contributed by atoms with Crippen molar-refractivity contribution >= 4 is 52.1 Å². The Morgan fingerprint density at radius 2 is 1.94 bits per heavy atom. The molecule has 2 amide bonds. The molecule has 4 nitrogen and oxygen atoms in total. The lowest BCUT2D eigenvalue weighted by atomic mass is 10.1. The number of hydrogen-bond acceptors (Lipinski definition) is 2. The number of benzene rings is 1. The fraction of sp³-hybridized carbons (Fsp3) is 0.273. The molecule has 0 bridgehead atoms. The minimum atomic E-state index is -0.768. The summed E-state index contributed by atoms with van der Waals surface area (Å²) in [5.74, 6) is 0. The van der Waals surface area contributed by atoms with Gasteiger partial charge in [0.15, 0.2) is 0 Å². The van der Waals surface area contributed by atoms with Crippen LogP contribution in [0.25, 0.3) is 0 Å². The van der Waals surface area contributed by atoms with E-state index >= 15 is 0 Å². The smallest absolute Gasteiger partial charge is 0.319 e. The summed E-state index contributed by atoms with van der Waals surface area (Å²) >= 11 is 16.5. The van der Waals surface area contributed by atoms with Crippen molar-refractivity contribution in [1.29, 1.82) is 0 Å². The topological polar surface area (TPSA) is 67.2 Å². The van der Waals surface area contributed by atoms with Crippen molar-refractivity contribution in [3.63, 3.8) is 0 Å². The highest BCUT2D eigenvalue weighted by atomic mass is 35.5. The van der Waals surface area contributed by atoms with Gasteiger partial charge in [0.25, 0.3) is 0 Å². The Bertz CT molecular complexity index is 491. The van der Waals surface area contributed by atoms with Gasteiger partial charge in [0, 0.05) is 5.69 Å². The molecule has 0 aliphatic heterocycles. The molecule has 4 N–H and O–H groups in total. The third-order valence-electron chi connectivity index (χ3n) is 2.22. The van der Waals surface area contributed by atoms with Crippen LogP contribution in [0.15, 0.2) is 18.2 Å². The van der Waals surface area contributed by atoms with Gasteiger partial charge in [-0.1, -0.05) is 35.4 Å². The molecule has 0 saturated heterocycles. The second-order valence-electron chi connectivity index (χ2n) is 4.20. The number of carbonyl (C=O) groups is 1. The van der Waals surface area contributed by atoms with E-state index in [1.165, 1.54) is 0 Å². The van der Waals surface area contributed by atoms with Crippen LogP contribution in [0.2, 0.25) is 10.0 Å². The Morgan fingerprint density at radius 3 is 2.44 bits per heavy atom. The fourth-order valence-electron chi connectivity index (χ4n) is 1.08. The van der Waals surface area contributed by atoms with Gasteiger partial charge in [0.2, 0.25) is 0 Å². The monoisotopic (exact) mass is 305 g/mol. The minimum Gasteiger partial charge on any atom is -0.391 e. The van der Waals surface area contributed by atoms with E-state index in [0.29, 0.717) is 15.7 Å². The van der Waals surface area contributed by atoms with Gasteiger partial charge < -0.3 is 16.4 Å². The van der Waals surface area contributed by atoms with Crippen molar-refractivity contribution in [1.82, 2.24) is 5.32 Å². The molecule has 0 fully saturated rings. The van der Waals surface area contributed by atoms with Gasteiger partial charge in [0.05, 0.1) is 20.6 Å². The first kappa shape index (κ1) is 15.0. The molecule has 18 heavy (non-hydrogen) atoms. The Morgan fingerprint density at radius 1 is 1.33 bits per heavy atom. The van der Waals surface area contributed by atoms with Crippen LogP contribution in [-0.2, 0) is 0 Å². The normalized spacial score (nSPS) is 10.9. The van der Waals surface area contributed by atoms with Crippen molar-refractivity contribution in [3.05, 3.63) is 28.2 Å². The summed E-state index contributed by atoms with van der Waals surface area (Å²) in [5, 5.41) is 6.04.